The van der Waals surface area contributed by atoms with E-state index in [2.05, 4.69) is 17.2 Å². The smallest absolute Gasteiger partial charge is 0.237 e. The van der Waals surface area contributed by atoms with Crippen molar-refractivity contribution in [2.45, 2.75) is 32.4 Å². The minimum atomic E-state index is -0.799. The Labute approximate surface area is 85.4 Å². The van der Waals surface area contributed by atoms with Gasteiger partial charge in [-0.2, -0.15) is 0 Å². The Kier molecular flexibility index (Phi) is 5.42. The highest BCUT2D eigenvalue weighted by Crippen LogP contribution is 1.98. The number of nitrogens with one attached hydrogen (secondary N) is 2. The fourth-order valence-corrected chi connectivity index (χ4v) is 0.821. The van der Waals surface area contributed by atoms with Crippen LogP contribution in [0.25, 0.3) is 0 Å². The Morgan fingerprint density at radius 1 is 1.64 bits per heavy atom. The summed E-state index contributed by atoms with van der Waals surface area (Å²) in [5.74, 6) is -0.0887. The summed E-state index contributed by atoms with van der Waals surface area (Å²) in [6, 6.07) is -0.304. The highest BCUT2D eigenvalue weighted by molar-refractivity contribution is 5.81. The largest absolute Gasteiger partial charge is 0.389 e. The van der Waals surface area contributed by atoms with E-state index in [0.717, 1.165) is 0 Å². The molecule has 1 amide bonds. The van der Waals surface area contributed by atoms with Gasteiger partial charge in [0.05, 0.1) is 11.6 Å². The van der Waals surface area contributed by atoms with E-state index in [4.69, 9.17) is 0 Å². The van der Waals surface area contributed by atoms with Crippen molar-refractivity contribution in [1.82, 2.24) is 10.6 Å². The van der Waals surface area contributed by atoms with Gasteiger partial charge in [-0.15, -0.1) is 6.58 Å². The predicted molar refractivity (Wildman–Crippen MR) is 57.0 cm³/mol. The molecule has 0 aromatic rings. The maximum Gasteiger partial charge on any atom is 0.237 e. The Bertz CT molecular complexity index is 197. The lowest BCUT2D eigenvalue weighted by Gasteiger charge is -2.21. The molecule has 1 atom stereocenters. The van der Waals surface area contributed by atoms with Crippen molar-refractivity contribution in [1.29, 1.82) is 0 Å². The molecule has 0 saturated heterocycles. The van der Waals surface area contributed by atoms with Gasteiger partial charge in [-0.05, 0) is 20.8 Å². The number of amides is 1. The van der Waals surface area contributed by atoms with E-state index in [1.807, 2.05) is 0 Å². The second kappa shape index (κ2) is 5.78. The number of aliphatic hydroxyl groups is 1. The molecule has 0 aliphatic rings. The number of carbonyl (C=O) groups excluding carboxylic acids is 1. The molecule has 0 saturated carbocycles. The summed E-state index contributed by atoms with van der Waals surface area (Å²) in [4.78, 5) is 11.3. The molecule has 4 nitrogen and oxygen atoms in total. The monoisotopic (exact) mass is 200 g/mol. The van der Waals surface area contributed by atoms with Gasteiger partial charge < -0.3 is 15.7 Å². The average Bonchev–Trinajstić information content (AvgIpc) is 2.09. The van der Waals surface area contributed by atoms with Crippen LogP contribution in [0.1, 0.15) is 20.8 Å². The average molecular weight is 200 g/mol. The molecular formula is C10H20N2O2. The Morgan fingerprint density at radius 2 is 2.21 bits per heavy atom. The van der Waals surface area contributed by atoms with Crippen molar-refractivity contribution < 1.29 is 9.90 Å². The van der Waals surface area contributed by atoms with Gasteiger partial charge in [0.1, 0.15) is 0 Å². The molecule has 0 aliphatic heterocycles. The molecule has 0 aromatic heterocycles. The highest BCUT2D eigenvalue weighted by Gasteiger charge is 2.16. The van der Waals surface area contributed by atoms with E-state index in [9.17, 15) is 9.90 Å². The maximum atomic E-state index is 11.3. The second-order valence-electron chi connectivity index (χ2n) is 3.95. The highest BCUT2D eigenvalue weighted by atomic mass is 16.3. The molecule has 4 heteroatoms. The molecule has 1 unspecified atom stereocenters. The SMILES string of the molecule is C=CCNC(=O)C(C)NCC(C)(C)O. The van der Waals surface area contributed by atoms with Crippen LogP contribution >= 0.6 is 0 Å². The summed E-state index contributed by atoms with van der Waals surface area (Å²) in [5, 5.41) is 15.0. The van der Waals surface area contributed by atoms with Crippen LogP contribution in [0, 0.1) is 0 Å². The zero-order valence-electron chi connectivity index (χ0n) is 9.13. The number of hydrogen-bond acceptors (Lipinski definition) is 3. The van der Waals surface area contributed by atoms with E-state index in [-0.39, 0.29) is 11.9 Å². The zero-order valence-corrected chi connectivity index (χ0v) is 9.13. The molecule has 0 heterocycles. The summed E-state index contributed by atoms with van der Waals surface area (Å²) in [6.45, 7) is 9.48. The molecule has 3 N–H and O–H groups in total. The Hall–Kier alpha value is -0.870. The molecule has 0 spiro atoms. The van der Waals surface area contributed by atoms with Crippen LogP contribution in [0.15, 0.2) is 12.7 Å². The van der Waals surface area contributed by atoms with Crippen molar-refractivity contribution in [3.8, 4) is 0 Å². The summed E-state index contributed by atoms with van der Waals surface area (Å²) in [6.07, 6.45) is 1.63. The van der Waals surface area contributed by atoms with Crippen LogP contribution < -0.4 is 10.6 Å². The van der Waals surface area contributed by atoms with Crippen molar-refractivity contribution in [3.63, 3.8) is 0 Å². The molecule has 0 aromatic carbocycles. The topological polar surface area (TPSA) is 61.4 Å². The standard InChI is InChI=1S/C10H20N2O2/c1-5-6-11-9(13)8(2)12-7-10(3,4)14/h5,8,12,14H,1,6-7H2,2-4H3,(H,11,13). The van der Waals surface area contributed by atoms with Gasteiger partial charge in [-0.1, -0.05) is 6.08 Å². The van der Waals surface area contributed by atoms with Crippen molar-refractivity contribution in [2.75, 3.05) is 13.1 Å². The van der Waals surface area contributed by atoms with Crippen molar-refractivity contribution in [3.05, 3.63) is 12.7 Å². The van der Waals surface area contributed by atoms with Gasteiger partial charge in [-0.3, -0.25) is 4.79 Å². The third-order valence-electron chi connectivity index (χ3n) is 1.65. The third kappa shape index (κ3) is 6.62. The van der Waals surface area contributed by atoms with Gasteiger partial charge in [0, 0.05) is 13.1 Å². The molecule has 82 valence electrons. The van der Waals surface area contributed by atoms with Crippen LogP contribution in [-0.4, -0.2) is 35.7 Å². The van der Waals surface area contributed by atoms with Crippen LogP contribution in [0.3, 0.4) is 0 Å². The van der Waals surface area contributed by atoms with Gasteiger partial charge in [-0.25, -0.2) is 0 Å². The lowest BCUT2D eigenvalue weighted by Crippen LogP contribution is -2.47. The fraction of sp³-hybridized carbons (Fsp3) is 0.700. The fourth-order valence-electron chi connectivity index (χ4n) is 0.821. The summed E-state index contributed by atoms with van der Waals surface area (Å²) < 4.78 is 0. The lowest BCUT2D eigenvalue weighted by atomic mass is 10.1. The normalized spacial score (nSPS) is 13.4. The van der Waals surface area contributed by atoms with Crippen LogP contribution in [-0.2, 0) is 4.79 Å². The second-order valence-corrected chi connectivity index (χ2v) is 3.95. The molecule has 0 aliphatic carbocycles. The summed E-state index contributed by atoms with van der Waals surface area (Å²) in [5.41, 5.74) is -0.799. The van der Waals surface area contributed by atoms with E-state index in [0.29, 0.717) is 13.1 Å². The predicted octanol–water partition coefficient (Wildman–Crippen LogP) is 0.0376. The summed E-state index contributed by atoms with van der Waals surface area (Å²) in [7, 11) is 0. The number of carbonyl (C=O) groups is 1. The molecule has 0 bridgehead atoms. The summed E-state index contributed by atoms with van der Waals surface area (Å²) >= 11 is 0. The first-order valence-corrected chi connectivity index (χ1v) is 4.71. The van der Waals surface area contributed by atoms with Gasteiger partial charge in [0.15, 0.2) is 0 Å². The van der Waals surface area contributed by atoms with Gasteiger partial charge in [0.25, 0.3) is 0 Å². The number of rotatable bonds is 6. The Balaban J connectivity index is 3.78. The first kappa shape index (κ1) is 13.1. The van der Waals surface area contributed by atoms with E-state index in [1.165, 1.54) is 0 Å². The Morgan fingerprint density at radius 3 is 2.64 bits per heavy atom. The molecule has 0 fully saturated rings. The van der Waals surface area contributed by atoms with Crippen LogP contribution in [0.5, 0.6) is 0 Å². The van der Waals surface area contributed by atoms with E-state index in [1.54, 1.807) is 26.8 Å². The first-order valence-electron chi connectivity index (χ1n) is 4.71. The van der Waals surface area contributed by atoms with Gasteiger partial charge in [0.2, 0.25) is 5.91 Å². The minimum Gasteiger partial charge on any atom is -0.389 e. The maximum absolute atomic E-state index is 11.3. The molecule has 0 rings (SSSR count). The molecular weight excluding hydrogens is 180 g/mol. The van der Waals surface area contributed by atoms with Crippen LogP contribution in [0.2, 0.25) is 0 Å². The number of hydrogen-bond donors (Lipinski definition) is 3. The van der Waals surface area contributed by atoms with E-state index >= 15 is 0 Å². The third-order valence-corrected chi connectivity index (χ3v) is 1.65. The quantitative estimate of drug-likeness (QED) is 0.530. The van der Waals surface area contributed by atoms with Crippen molar-refractivity contribution in [2.24, 2.45) is 0 Å². The zero-order chi connectivity index (χ0) is 11.2. The molecule has 0 radical (unpaired) electrons. The molecule has 14 heavy (non-hydrogen) atoms. The lowest BCUT2D eigenvalue weighted by molar-refractivity contribution is -0.122. The minimum absolute atomic E-state index is 0.0887. The van der Waals surface area contributed by atoms with Crippen LogP contribution in [0.4, 0.5) is 0 Å². The van der Waals surface area contributed by atoms with E-state index < -0.39 is 5.60 Å². The van der Waals surface area contributed by atoms with Crippen molar-refractivity contribution >= 4 is 5.91 Å². The first-order chi connectivity index (χ1) is 6.37. The van der Waals surface area contributed by atoms with Gasteiger partial charge >= 0.3 is 0 Å².